The molecule has 1 unspecified atom stereocenters. The fourth-order valence-corrected chi connectivity index (χ4v) is 2.98. The summed E-state index contributed by atoms with van der Waals surface area (Å²) in [6, 6.07) is 6.13. The molecule has 0 radical (unpaired) electrons. The number of aliphatic hydroxyl groups is 1. The van der Waals surface area contributed by atoms with E-state index in [0.717, 1.165) is 36.3 Å². The summed E-state index contributed by atoms with van der Waals surface area (Å²) in [6.45, 7) is 3.50. The van der Waals surface area contributed by atoms with Crippen LogP contribution in [0.5, 0.6) is 5.75 Å². The molecule has 1 N–H and O–H groups in total. The van der Waals surface area contributed by atoms with Crippen molar-refractivity contribution in [3.8, 4) is 5.75 Å². The number of methoxy groups -OCH3 is 1. The first kappa shape index (κ1) is 13.8. The summed E-state index contributed by atoms with van der Waals surface area (Å²) < 4.78 is 6.30. The largest absolute Gasteiger partial charge is 0.497 e. The van der Waals surface area contributed by atoms with Crippen LogP contribution in [0.2, 0.25) is 0 Å². The van der Waals surface area contributed by atoms with Crippen LogP contribution in [0.3, 0.4) is 0 Å². The van der Waals surface area contributed by atoms with Crippen LogP contribution in [0.1, 0.15) is 18.4 Å². The molecule has 4 heteroatoms. The van der Waals surface area contributed by atoms with Gasteiger partial charge in [-0.15, -0.1) is 0 Å². The summed E-state index contributed by atoms with van der Waals surface area (Å²) >= 11 is 3.59. The number of ether oxygens (including phenoxy) is 1. The molecular weight excluding hydrogens is 294 g/mol. The SMILES string of the molecule is COc1ccc(CN2CCC(CCO)C2)c(Br)c1. The number of hydrogen-bond acceptors (Lipinski definition) is 3. The number of nitrogens with zero attached hydrogens (tertiary/aromatic N) is 1. The molecule has 0 saturated carbocycles. The minimum absolute atomic E-state index is 0.310. The first-order valence-electron chi connectivity index (χ1n) is 6.38. The lowest BCUT2D eigenvalue weighted by Crippen LogP contribution is -2.20. The molecule has 3 nitrogen and oxygen atoms in total. The van der Waals surface area contributed by atoms with E-state index in [1.807, 2.05) is 12.1 Å². The molecule has 18 heavy (non-hydrogen) atoms. The molecule has 100 valence electrons. The summed E-state index contributed by atoms with van der Waals surface area (Å²) in [4.78, 5) is 2.45. The lowest BCUT2D eigenvalue weighted by molar-refractivity contribution is 0.249. The van der Waals surface area contributed by atoms with Crippen molar-refractivity contribution in [2.24, 2.45) is 5.92 Å². The van der Waals surface area contributed by atoms with Gasteiger partial charge in [-0.1, -0.05) is 22.0 Å². The molecule has 0 aliphatic carbocycles. The molecule has 1 saturated heterocycles. The predicted molar refractivity (Wildman–Crippen MR) is 75.8 cm³/mol. The molecule has 0 aromatic heterocycles. The summed E-state index contributed by atoms with van der Waals surface area (Å²) in [6.07, 6.45) is 2.13. The maximum atomic E-state index is 8.96. The van der Waals surface area contributed by atoms with E-state index in [9.17, 15) is 0 Å². The fourth-order valence-electron chi connectivity index (χ4n) is 2.50. The van der Waals surface area contributed by atoms with Crippen molar-refractivity contribution in [2.75, 3.05) is 26.8 Å². The number of hydrogen-bond donors (Lipinski definition) is 1. The van der Waals surface area contributed by atoms with Gasteiger partial charge in [-0.2, -0.15) is 0 Å². The molecule has 0 bridgehead atoms. The Morgan fingerprint density at radius 3 is 3.00 bits per heavy atom. The molecule has 1 aromatic rings. The Kier molecular flexibility index (Phi) is 5.03. The third kappa shape index (κ3) is 3.46. The van der Waals surface area contributed by atoms with E-state index in [4.69, 9.17) is 9.84 Å². The van der Waals surface area contributed by atoms with Crippen molar-refractivity contribution < 1.29 is 9.84 Å². The Hall–Kier alpha value is -0.580. The van der Waals surface area contributed by atoms with E-state index in [0.29, 0.717) is 12.5 Å². The van der Waals surface area contributed by atoms with Gasteiger partial charge in [0.1, 0.15) is 5.75 Å². The van der Waals surface area contributed by atoms with Crippen molar-refractivity contribution in [3.63, 3.8) is 0 Å². The normalized spacial score (nSPS) is 20.3. The van der Waals surface area contributed by atoms with Crippen molar-refractivity contribution >= 4 is 15.9 Å². The van der Waals surface area contributed by atoms with Gasteiger partial charge in [-0.3, -0.25) is 4.90 Å². The second kappa shape index (κ2) is 6.55. The van der Waals surface area contributed by atoms with Gasteiger partial charge in [0.05, 0.1) is 7.11 Å². The number of halogens is 1. The average Bonchev–Trinajstić information content (AvgIpc) is 2.80. The van der Waals surface area contributed by atoms with Crippen molar-refractivity contribution in [1.82, 2.24) is 4.90 Å². The minimum atomic E-state index is 0.310. The number of likely N-dealkylation sites (tertiary alicyclic amines) is 1. The van der Waals surface area contributed by atoms with Crippen LogP contribution in [0.25, 0.3) is 0 Å². The molecule has 1 aromatic carbocycles. The first-order chi connectivity index (χ1) is 8.72. The molecular formula is C14H20BrNO2. The summed E-state index contributed by atoms with van der Waals surface area (Å²) in [5, 5.41) is 8.96. The van der Waals surface area contributed by atoms with Crippen LogP contribution in [0, 0.1) is 5.92 Å². The third-order valence-corrected chi connectivity index (χ3v) is 4.30. The van der Waals surface area contributed by atoms with E-state index in [-0.39, 0.29) is 0 Å². The maximum Gasteiger partial charge on any atom is 0.120 e. The first-order valence-corrected chi connectivity index (χ1v) is 7.18. The molecule has 1 heterocycles. The van der Waals surface area contributed by atoms with E-state index in [1.165, 1.54) is 12.0 Å². The summed E-state index contributed by atoms with van der Waals surface area (Å²) in [5.41, 5.74) is 1.29. The van der Waals surface area contributed by atoms with Crippen molar-refractivity contribution in [3.05, 3.63) is 28.2 Å². The molecule has 2 rings (SSSR count). The average molecular weight is 314 g/mol. The maximum absolute atomic E-state index is 8.96. The molecule has 1 fully saturated rings. The molecule has 0 spiro atoms. The highest BCUT2D eigenvalue weighted by atomic mass is 79.9. The van der Waals surface area contributed by atoms with Crippen LogP contribution in [0.15, 0.2) is 22.7 Å². The Labute approximate surface area is 117 Å². The van der Waals surface area contributed by atoms with Gasteiger partial charge in [0.25, 0.3) is 0 Å². The van der Waals surface area contributed by atoms with Crippen LogP contribution in [-0.2, 0) is 6.54 Å². The number of aliphatic hydroxyl groups excluding tert-OH is 1. The van der Waals surface area contributed by atoms with E-state index in [1.54, 1.807) is 7.11 Å². The highest BCUT2D eigenvalue weighted by molar-refractivity contribution is 9.10. The van der Waals surface area contributed by atoms with Gasteiger partial charge in [-0.05, 0) is 43.0 Å². The highest BCUT2D eigenvalue weighted by Gasteiger charge is 2.22. The zero-order valence-electron chi connectivity index (χ0n) is 10.7. The molecule has 0 amide bonds. The zero-order chi connectivity index (χ0) is 13.0. The van der Waals surface area contributed by atoms with Crippen molar-refractivity contribution in [2.45, 2.75) is 19.4 Å². The Morgan fingerprint density at radius 1 is 1.50 bits per heavy atom. The van der Waals surface area contributed by atoms with E-state index in [2.05, 4.69) is 26.9 Å². The lowest BCUT2D eigenvalue weighted by atomic mass is 10.1. The van der Waals surface area contributed by atoms with Crippen LogP contribution < -0.4 is 4.74 Å². The van der Waals surface area contributed by atoms with Crippen LogP contribution >= 0.6 is 15.9 Å². The van der Waals surface area contributed by atoms with Gasteiger partial charge in [0.15, 0.2) is 0 Å². The Balaban J connectivity index is 1.94. The Morgan fingerprint density at radius 2 is 2.33 bits per heavy atom. The van der Waals surface area contributed by atoms with Gasteiger partial charge < -0.3 is 9.84 Å². The van der Waals surface area contributed by atoms with Crippen LogP contribution in [0.4, 0.5) is 0 Å². The zero-order valence-corrected chi connectivity index (χ0v) is 12.3. The molecule has 1 aliphatic heterocycles. The quantitative estimate of drug-likeness (QED) is 0.907. The monoisotopic (exact) mass is 313 g/mol. The highest BCUT2D eigenvalue weighted by Crippen LogP contribution is 2.27. The van der Waals surface area contributed by atoms with Crippen LogP contribution in [-0.4, -0.2) is 36.8 Å². The second-order valence-electron chi connectivity index (χ2n) is 4.86. The minimum Gasteiger partial charge on any atom is -0.497 e. The number of benzene rings is 1. The second-order valence-corrected chi connectivity index (χ2v) is 5.71. The molecule has 1 atom stereocenters. The predicted octanol–water partition coefficient (Wildman–Crippen LogP) is 2.66. The van der Waals surface area contributed by atoms with E-state index >= 15 is 0 Å². The van der Waals surface area contributed by atoms with Gasteiger partial charge in [0.2, 0.25) is 0 Å². The third-order valence-electron chi connectivity index (χ3n) is 3.56. The smallest absolute Gasteiger partial charge is 0.120 e. The van der Waals surface area contributed by atoms with E-state index < -0.39 is 0 Å². The summed E-state index contributed by atoms with van der Waals surface area (Å²) in [7, 11) is 1.68. The topological polar surface area (TPSA) is 32.7 Å². The Bertz CT molecular complexity index is 397. The van der Waals surface area contributed by atoms with Crippen molar-refractivity contribution in [1.29, 1.82) is 0 Å². The molecule has 1 aliphatic rings. The van der Waals surface area contributed by atoms with Gasteiger partial charge in [-0.25, -0.2) is 0 Å². The van der Waals surface area contributed by atoms with Gasteiger partial charge >= 0.3 is 0 Å². The van der Waals surface area contributed by atoms with Gasteiger partial charge in [0, 0.05) is 24.2 Å². The summed E-state index contributed by atoms with van der Waals surface area (Å²) in [5.74, 6) is 1.54. The number of rotatable bonds is 5. The fraction of sp³-hybridized carbons (Fsp3) is 0.571. The lowest BCUT2D eigenvalue weighted by Gasteiger charge is -2.17. The standard InChI is InChI=1S/C14H20BrNO2/c1-18-13-3-2-12(14(15)8-13)10-16-6-4-11(9-16)5-7-17/h2-3,8,11,17H,4-7,9-10H2,1H3.